The summed E-state index contributed by atoms with van der Waals surface area (Å²) in [6.07, 6.45) is 2.15. The van der Waals surface area contributed by atoms with Crippen molar-refractivity contribution >= 4 is 10.8 Å². The summed E-state index contributed by atoms with van der Waals surface area (Å²) in [6.45, 7) is 1.70. The highest BCUT2D eigenvalue weighted by atomic mass is 16.5. The maximum absolute atomic E-state index is 6.48. The predicted octanol–water partition coefficient (Wildman–Crippen LogP) is 3.27. The van der Waals surface area contributed by atoms with Crippen LogP contribution in [-0.4, -0.2) is 13.2 Å². The maximum Gasteiger partial charge on any atom is 0.0469 e. The Hall–Kier alpha value is -1.38. The van der Waals surface area contributed by atoms with Gasteiger partial charge in [-0.15, -0.1) is 0 Å². The monoisotopic (exact) mass is 241 g/mol. The van der Waals surface area contributed by atoms with Gasteiger partial charge in [0.2, 0.25) is 0 Å². The average Bonchev–Trinajstić information content (AvgIpc) is 2.47. The van der Waals surface area contributed by atoms with Crippen LogP contribution in [-0.2, 0) is 4.74 Å². The van der Waals surface area contributed by atoms with E-state index in [1.165, 1.54) is 16.3 Å². The molecule has 0 aromatic heterocycles. The molecule has 1 fully saturated rings. The lowest BCUT2D eigenvalue weighted by atomic mass is 9.86. The summed E-state index contributed by atoms with van der Waals surface area (Å²) in [5.74, 6) is 0.546. The standard InChI is InChI=1S/C16H19NO/c17-16(13-8-10-18-11-9-13)15-7-3-5-12-4-1-2-6-14(12)15/h1-7,13,16H,8-11,17H2/t16-/m1/s1. The summed E-state index contributed by atoms with van der Waals surface area (Å²) in [5, 5.41) is 2.57. The van der Waals surface area contributed by atoms with Crippen molar-refractivity contribution in [2.24, 2.45) is 11.7 Å². The molecule has 1 saturated heterocycles. The molecule has 18 heavy (non-hydrogen) atoms. The number of fused-ring (bicyclic) bond motifs is 1. The average molecular weight is 241 g/mol. The van der Waals surface area contributed by atoms with E-state index in [1.807, 2.05) is 0 Å². The van der Waals surface area contributed by atoms with E-state index in [9.17, 15) is 0 Å². The van der Waals surface area contributed by atoms with E-state index in [4.69, 9.17) is 10.5 Å². The van der Waals surface area contributed by atoms with E-state index in [-0.39, 0.29) is 6.04 Å². The molecule has 0 unspecified atom stereocenters. The van der Waals surface area contributed by atoms with Gasteiger partial charge in [-0.1, -0.05) is 42.5 Å². The lowest BCUT2D eigenvalue weighted by Crippen LogP contribution is -2.27. The Morgan fingerprint density at radius 3 is 2.56 bits per heavy atom. The minimum atomic E-state index is 0.125. The topological polar surface area (TPSA) is 35.2 Å². The SMILES string of the molecule is N[C@@H](c1cccc2ccccc12)C1CCOCC1. The van der Waals surface area contributed by atoms with Gasteiger partial charge in [-0.25, -0.2) is 0 Å². The van der Waals surface area contributed by atoms with E-state index in [1.54, 1.807) is 0 Å². The number of ether oxygens (including phenoxy) is 1. The van der Waals surface area contributed by atoms with E-state index >= 15 is 0 Å². The molecule has 0 spiro atoms. The van der Waals surface area contributed by atoms with Crippen LogP contribution in [0.15, 0.2) is 42.5 Å². The van der Waals surface area contributed by atoms with Crippen LogP contribution in [0.1, 0.15) is 24.4 Å². The van der Waals surface area contributed by atoms with Crippen LogP contribution >= 0.6 is 0 Å². The Morgan fingerprint density at radius 2 is 1.72 bits per heavy atom. The van der Waals surface area contributed by atoms with Crippen molar-refractivity contribution < 1.29 is 4.74 Å². The van der Waals surface area contributed by atoms with E-state index in [0.29, 0.717) is 5.92 Å². The Bertz CT molecular complexity index is 526. The van der Waals surface area contributed by atoms with Gasteiger partial charge in [0.15, 0.2) is 0 Å². The zero-order chi connectivity index (χ0) is 12.4. The van der Waals surface area contributed by atoms with Gasteiger partial charge in [-0.3, -0.25) is 0 Å². The van der Waals surface area contributed by atoms with Crippen LogP contribution in [0.25, 0.3) is 10.8 Å². The van der Waals surface area contributed by atoms with Crippen LogP contribution in [0.4, 0.5) is 0 Å². The van der Waals surface area contributed by atoms with Gasteiger partial charge >= 0.3 is 0 Å². The molecular weight excluding hydrogens is 222 g/mol. The number of nitrogens with two attached hydrogens (primary N) is 1. The van der Waals surface area contributed by atoms with Gasteiger partial charge in [0.05, 0.1) is 0 Å². The molecule has 94 valence electrons. The van der Waals surface area contributed by atoms with Crippen LogP contribution in [0.2, 0.25) is 0 Å². The summed E-state index contributed by atoms with van der Waals surface area (Å²) in [4.78, 5) is 0. The summed E-state index contributed by atoms with van der Waals surface area (Å²) >= 11 is 0. The third kappa shape index (κ3) is 2.14. The molecule has 1 aliphatic rings. The normalized spacial score (nSPS) is 18.9. The van der Waals surface area contributed by atoms with Gasteiger partial charge in [0.25, 0.3) is 0 Å². The fourth-order valence-corrected chi connectivity index (χ4v) is 2.87. The molecule has 1 aliphatic heterocycles. The van der Waals surface area contributed by atoms with Crippen molar-refractivity contribution in [3.8, 4) is 0 Å². The Morgan fingerprint density at radius 1 is 1.00 bits per heavy atom. The minimum Gasteiger partial charge on any atom is -0.381 e. The largest absolute Gasteiger partial charge is 0.381 e. The molecular formula is C16H19NO. The fourth-order valence-electron chi connectivity index (χ4n) is 2.87. The Labute approximate surface area is 108 Å². The molecule has 2 N–H and O–H groups in total. The zero-order valence-electron chi connectivity index (χ0n) is 10.5. The van der Waals surface area contributed by atoms with Gasteiger partial charge < -0.3 is 10.5 Å². The lowest BCUT2D eigenvalue weighted by Gasteiger charge is -2.28. The molecule has 0 radical (unpaired) electrons. The second-order valence-corrected chi connectivity index (χ2v) is 5.04. The molecule has 1 atom stereocenters. The Kier molecular flexibility index (Phi) is 3.31. The van der Waals surface area contributed by atoms with Crippen LogP contribution in [0, 0.1) is 5.92 Å². The second-order valence-electron chi connectivity index (χ2n) is 5.04. The highest BCUT2D eigenvalue weighted by Gasteiger charge is 2.23. The number of hydrogen-bond donors (Lipinski definition) is 1. The van der Waals surface area contributed by atoms with Crippen molar-refractivity contribution in [2.45, 2.75) is 18.9 Å². The summed E-state index contributed by atoms with van der Waals surface area (Å²) in [5.41, 5.74) is 7.76. The first-order valence-corrected chi connectivity index (χ1v) is 6.67. The summed E-state index contributed by atoms with van der Waals surface area (Å²) in [6, 6.07) is 15.0. The molecule has 1 heterocycles. The third-order valence-corrected chi connectivity index (χ3v) is 3.96. The number of rotatable bonds is 2. The smallest absolute Gasteiger partial charge is 0.0469 e. The van der Waals surface area contributed by atoms with Gasteiger partial charge in [0.1, 0.15) is 0 Å². The third-order valence-electron chi connectivity index (χ3n) is 3.96. The molecule has 3 rings (SSSR count). The first-order chi connectivity index (χ1) is 8.86. The van der Waals surface area contributed by atoms with Crippen LogP contribution < -0.4 is 5.73 Å². The number of hydrogen-bond acceptors (Lipinski definition) is 2. The van der Waals surface area contributed by atoms with Gasteiger partial charge in [0, 0.05) is 19.3 Å². The van der Waals surface area contributed by atoms with Crippen molar-refractivity contribution in [1.29, 1.82) is 0 Å². The highest BCUT2D eigenvalue weighted by molar-refractivity contribution is 5.86. The molecule has 2 aromatic carbocycles. The zero-order valence-corrected chi connectivity index (χ0v) is 10.5. The summed E-state index contributed by atoms with van der Waals surface area (Å²) < 4.78 is 5.42. The molecule has 2 aromatic rings. The van der Waals surface area contributed by atoms with Crippen molar-refractivity contribution in [1.82, 2.24) is 0 Å². The first-order valence-electron chi connectivity index (χ1n) is 6.67. The molecule has 0 bridgehead atoms. The molecule has 0 amide bonds. The highest BCUT2D eigenvalue weighted by Crippen LogP contribution is 2.32. The molecule has 0 saturated carbocycles. The summed E-state index contributed by atoms with van der Waals surface area (Å²) in [7, 11) is 0. The van der Waals surface area contributed by atoms with Gasteiger partial charge in [-0.2, -0.15) is 0 Å². The Balaban J connectivity index is 1.97. The molecule has 2 heteroatoms. The van der Waals surface area contributed by atoms with Crippen molar-refractivity contribution in [2.75, 3.05) is 13.2 Å². The lowest BCUT2D eigenvalue weighted by molar-refractivity contribution is 0.0585. The van der Waals surface area contributed by atoms with E-state index in [2.05, 4.69) is 42.5 Å². The second kappa shape index (κ2) is 5.09. The predicted molar refractivity (Wildman–Crippen MR) is 74.4 cm³/mol. The minimum absolute atomic E-state index is 0.125. The molecule has 2 nitrogen and oxygen atoms in total. The maximum atomic E-state index is 6.48. The van der Waals surface area contributed by atoms with Crippen molar-refractivity contribution in [3.05, 3.63) is 48.0 Å². The van der Waals surface area contributed by atoms with Crippen LogP contribution in [0.3, 0.4) is 0 Å². The fraction of sp³-hybridized carbons (Fsp3) is 0.375. The van der Waals surface area contributed by atoms with E-state index < -0.39 is 0 Å². The van der Waals surface area contributed by atoms with Crippen molar-refractivity contribution in [3.63, 3.8) is 0 Å². The molecule has 0 aliphatic carbocycles. The van der Waals surface area contributed by atoms with E-state index in [0.717, 1.165) is 26.1 Å². The number of benzene rings is 2. The van der Waals surface area contributed by atoms with Crippen LogP contribution in [0.5, 0.6) is 0 Å². The van der Waals surface area contributed by atoms with Gasteiger partial charge in [-0.05, 0) is 35.1 Å². The quantitative estimate of drug-likeness (QED) is 0.875. The first kappa shape index (κ1) is 11.7.